The van der Waals surface area contributed by atoms with E-state index in [-0.39, 0.29) is 5.75 Å². The van der Waals surface area contributed by atoms with Gasteiger partial charge in [0.15, 0.2) is 11.6 Å². The van der Waals surface area contributed by atoms with Crippen LogP contribution in [0.5, 0.6) is 5.75 Å². The Labute approximate surface area is 74.6 Å². The van der Waals surface area contributed by atoms with Gasteiger partial charge >= 0.3 is 0 Å². The van der Waals surface area contributed by atoms with Crippen LogP contribution in [0.15, 0.2) is 17.7 Å². The van der Waals surface area contributed by atoms with E-state index in [1.54, 1.807) is 6.08 Å². The molecule has 0 spiro atoms. The number of hydrogen-bond donors (Lipinski definition) is 0. The zero-order valence-corrected chi connectivity index (χ0v) is 7.10. The van der Waals surface area contributed by atoms with Crippen LogP contribution in [-0.2, 0) is 0 Å². The summed E-state index contributed by atoms with van der Waals surface area (Å²) in [6, 6.07) is 2.09. The molecule has 68 valence electrons. The van der Waals surface area contributed by atoms with Gasteiger partial charge in [-0.15, -0.1) is 0 Å². The Kier molecular flexibility index (Phi) is 1.79. The van der Waals surface area contributed by atoms with E-state index in [9.17, 15) is 8.78 Å². The maximum Gasteiger partial charge on any atom is 0.168 e. The fraction of sp³-hybridized carbons (Fsp3) is 0.200. The largest absolute Gasteiger partial charge is 0.486 e. The first-order valence-electron chi connectivity index (χ1n) is 3.96. The zero-order chi connectivity index (χ0) is 9.42. The van der Waals surface area contributed by atoms with E-state index in [4.69, 9.17) is 4.74 Å². The van der Waals surface area contributed by atoms with E-state index >= 15 is 0 Å². The first-order chi connectivity index (χ1) is 6.16. The van der Waals surface area contributed by atoms with Gasteiger partial charge in [0.2, 0.25) is 0 Å². The van der Waals surface area contributed by atoms with Gasteiger partial charge in [0, 0.05) is 11.6 Å². The van der Waals surface area contributed by atoms with Crippen molar-refractivity contribution in [3.05, 3.63) is 34.9 Å². The summed E-state index contributed by atoms with van der Waals surface area (Å²) in [6.07, 6.45) is 1.73. The highest BCUT2D eigenvalue weighted by atomic mass is 19.1. The molecule has 1 aromatic rings. The van der Waals surface area contributed by atoms with Gasteiger partial charge in [0.25, 0.3) is 0 Å². The van der Waals surface area contributed by atoms with Gasteiger partial charge in [-0.1, -0.05) is 0 Å². The second-order valence-corrected chi connectivity index (χ2v) is 3.09. The summed E-state index contributed by atoms with van der Waals surface area (Å²) in [7, 11) is 0. The predicted octanol–water partition coefficient (Wildman–Crippen LogP) is 2.76. The Morgan fingerprint density at radius 2 is 2.08 bits per heavy atom. The molecular weight excluding hydrogens is 174 g/mol. The van der Waals surface area contributed by atoms with E-state index in [2.05, 4.69) is 0 Å². The Balaban J connectivity index is 2.61. The second-order valence-electron chi connectivity index (χ2n) is 3.09. The molecule has 0 saturated heterocycles. The molecule has 13 heavy (non-hydrogen) atoms. The Morgan fingerprint density at radius 3 is 2.85 bits per heavy atom. The fourth-order valence-electron chi connectivity index (χ4n) is 1.33. The third-order valence-corrected chi connectivity index (χ3v) is 1.88. The van der Waals surface area contributed by atoms with Gasteiger partial charge in [-0.05, 0) is 24.6 Å². The number of hydrogen-bond acceptors (Lipinski definition) is 1. The quantitative estimate of drug-likeness (QED) is 0.599. The van der Waals surface area contributed by atoms with Crippen molar-refractivity contribution in [3.8, 4) is 5.75 Å². The molecule has 0 radical (unpaired) electrons. The Hall–Kier alpha value is -1.38. The lowest BCUT2D eigenvalue weighted by atomic mass is 10.1. The van der Waals surface area contributed by atoms with Crippen molar-refractivity contribution < 1.29 is 13.5 Å². The van der Waals surface area contributed by atoms with Crippen molar-refractivity contribution in [2.45, 2.75) is 6.92 Å². The van der Waals surface area contributed by atoms with Crippen molar-refractivity contribution in [2.75, 3.05) is 6.61 Å². The van der Waals surface area contributed by atoms with Crippen LogP contribution in [0.1, 0.15) is 12.5 Å². The minimum absolute atomic E-state index is 0.145. The second kappa shape index (κ2) is 2.83. The van der Waals surface area contributed by atoms with E-state index < -0.39 is 11.6 Å². The number of rotatable bonds is 0. The number of benzene rings is 1. The van der Waals surface area contributed by atoms with Crippen LogP contribution in [0.2, 0.25) is 0 Å². The maximum atomic E-state index is 13.1. The molecular formula is C10H8F2O. The van der Waals surface area contributed by atoms with Crippen LogP contribution in [0.4, 0.5) is 8.78 Å². The van der Waals surface area contributed by atoms with Gasteiger partial charge in [0.05, 0.1) is 0 Å². The molecule has 3 heteroatoms. The van der Waals surface area contributed by atoms with E-state index in [0.29, 0.717) is 12.2 Å². The molecule has 1 heterocycles. The molecule has 0 aliphatic carbocycles. The first kappa shape index (κ1) is 8.23. The summed E-state index contributed by atoms with van der Waals surface area (Å²) in [6.45, 7) is 2.22. The first-order valence-corrected chi connectivity index (χ1v) is 3.96. The molecule has 1 aliphatic heterocycles. The van der Waals surface area contributed by atoms with Gasteiger partial charge in [-0.3, -0.25) is 0 Å². The highest BCUT2D eigenvalue weighted by molar-refractivity contribution is 5.62. The molecule has 1 aromatic carbocycles. The van der Waals surface area contributed by atoms with E-state index in [1.807, 2.05) is 6.92 Å². The summed E-state index contributed by atoms with van der Waals surface area (Å²) < 4.78 is 30.9. The number of ether oxygens (including phenoxy) is 1. The summed E-state index contributed by atoms with van der Waals surface area (Å²) >= 11 is 0. The highest BCUT2D eigenvalue weighted by Gasteiger charge is 2.14. The molecule has 1 aliphatic rings. The number of fused-ring (bicyclic) bond motifs is 1. The van der Waals surface area contributed by atoms with Crippen molar-refractivity contribution in [1.29, 1.82) is 0 Å². The molecule has 0 atom stereocenters. The molecule has 0 unspecified atom stereocenters. The molecule has 0 N–H and O–H groups in total. The molecule has 0 fully saturated rings. The Morgan fingerprint density at radius 1 is 1.31 bits per heavy atom. The van der Waals surface area contributed by atoms with Gasteiger partial charge in [-0.2, -0.15) is 0 Å². The fourth-order valence-corrected chi connectivity index (χ4v) is 1.33. The molecule has 0 saturated carbocycles. The third kappa shape index (κ3) is 1.41. The van der Waals surface area contributed by atoms with Crippen molar-refractivity contribution in [3.63, 3.8) is 0 Å². The summed E-state index contributed by atoms with van der Waals surface area (Å²) in [5, 5.41) is 0. The third-order valence-electron chi connectivity index (χ3n) is 1.88. The van der Waals surface area contributed by atoms with Crippen LogP contribution >= 0.6 is 0 Å². The highest BCUT2D eigenvalue weighted by Crippen LogP contribution is 2.29. The van der Waals surface area contributed by atoms with Crippen LogP contribution < -0.4 is 4.74 Å². The van der Waals surface area contributed by atoms with Gasteiger partial charge in [0.1, 0.15) is 12.4 Å². The molecule has 1 nitrogen and oxygen atoms in total. The SMILES string of the molecule is CC1=Cc2cc(F)cc(F)c2OC1. The molecule has 0 bridgehead atoms. The van der Waals surface area contributed by atoms with Crippen molar-refractivity contribution >= 4 is 6.08 Å². The Bertz CT molecular complexity index is 383. The average molecular weight is 182 g/mol. The van der Waals surface area contributed by atoms with Crippen LogP contribution in [0.25, 0.3) is 6.08 Å². The summed E-state index contributed by atoms with van der Waals surface area (Å²) in [4.78, 5) is 0. The topological polar surface area (TPSA) is 9.23 Å². The molecule has 0 amide bonds. The zero-order valence-electron chi connectivity index (χ0n) is 7.10. The normalized spacial score (nSPS) is 14.5. The minimum Gasteiger partial charge on any atom is -0.486 e. The van der Waals surface area contributed by atoms with Crippen LogP contribution in [0, 0.1) is 11.6 Å². The smallest absolute Gasteiger partial charge is 0.168 e. The van der Waals surface area contributed by atoms with Crippen molar-refractivity contribution in [1.82, 2.24) is 0 Å². The summed E-state index contributed by atoms with van der Waals surface area (Å²) in [5.74, 6) is -1.07. The van der Waals surface area contributed by atoms with E-state index in [1.165, 1.54) is 6.07 Å². The van der Waals surface area contributed by atoms with E-state index in [0.717, 1.165) is 11.6 Å². The molecule has 2 rings (SSSR count). The standard InChI is InChI=1S/C10H8F2O/c1-6-2-7-3-8(11)4-9(12)10(7)13-5-6/h2-4H,5H2,1H3. The van der Waals surface area contributed by atoms with Crippen LogP contribution in [-0.4, -0.2) is 6.61 Å². The molecule has 0 aromatic heterocycles. The lowest BCUT2D eigenvalue weighted by molar-refractivity contribution is 0.326. The minimum atomic E-state index is -0.640. The number of halogens is 2. The predicted molar refractivity (Wildman–Crippen MR) is 45.5 cm³/mol. The lowest BCUT2D eigenvalue weighted by Gasteiger charge is -2.16. The van der Waals surface area contributed by atoms with Crippen LogP contribution in [0.3, 0.4) is 0 Å². The summed E-state index contributed by atoms with van der Waals surface area (Å²) in [5.41, 5.74) is 1.43. The lowest BCUT2D eigenvalue weighted by Crippen LogP contribution is -2.07. The van der Waals surface area contributed by atoms with Crippen molar-refractivity contribution in [2.24, 2.45) is 0 Å². The van der Waals surface area contributed by atoms with Gasteiger partial charge < -0.3 is 4.74 Å². The average Bonchev–Trinajstić information content (AvgIpc) is 2.02. The maximum absolute atomic E-state index is 13.1. The monoisotopic (exact) mass is 182 g/mol. The van der Waals surface area contributed by atoms with Gasteiger partial charge in [-0.25, -0.2) is 8.78 Å².